The van der Waals surface area contributed by atoms with Crippen molar-refractivity contribution >= 4 is 27.5 Å². The van der Waals surface area contributed by atoms with Gasteiger partial charge in [-0.05, 0) is 68.2 Å². The Kier molecular flexibility index (Phi) is 7.01. The number of phenolic OH excluding ortho intramolecular Hbond substituents is 1. The van der Waals surface area contributed by atoms with Crippen LogP contribution in [0.1, 0.15) is 31.2 Å². The Balaban J connectivity index is 1.09. The maximum atomic E-state index is 16.9. The van der Waals surface area contributed by atoms with E-state index in [1.165, 1.54) is 37.4 Å². The van der Waals surface area contributed by atoms with E-state index in [1.807, 2.05) is 0 Å². The van der Waals surface area contributed by atoms with E-state index in [1.54, 1.807) is 6.20 Å². The van der Waals surface area contributed by atoms with Crippen molar-refractivity contribution in [3.05, 3.63) is 47.7 Å². The van der Waals surface area contributed by atoms with Gasteiger partial charge in [-0.2, -0.15) is 9.97 Å². The first-order valence-corrected chi connectivity index (χ1v) is 17.1. The van der Waals surface area contributed by atoms with Gasteiger partial charge < -0.3 is 29.9 Å². The van der Waals surface area contributed by atoms with Crippen LogP contribution in [0.5, 0.6) is 11.8 Å². The largest absolute Gasteiger partial charge is 0.508 e. The summed E-state index contributed by atoms with van der Waals surface area (Å²) in [5.41, 5.74) is 0.219. The first-order valence-electron chi connectivity index (χ1n) is 17.1. The molecule has 1 saturated carbocycles. The van der Waals surface area contributed by atoms with Crippen LogP contribution < -0.4 is 15.0 Å². The number of aromatic nitrogens is 3. The Bertz CT molecular complexity index is 1970. The molecule has 11 heteroatoms. The highest BCUT2D eigenvalue weighted by molar-refractivity contribution is 6.03. The maximum absolute atomic E-state index is 16.9. The summed E-state index contributed by atoms with van der Waals surface area (Å²) in [6, 6.07) is 6.41. The molecule has 48 heavy (non-hydrogen) atoms. The quantitative estimate of drug-likeness (QED) is 0.283. The van der Waals surface area contributed by atoms with Gasteiger partial charge in [0.05, 0.1) is 17.6 Å². The van der Waals surface area contributed by atoms with Gasteiger partial charge in [0.2, 0.25) is 0 Å². The normalized spacial score (nSPS) is 26.3. The van der Waals surface area contributed by atoms with E-state index in [0.29, 0.717) is 40.7 Å². The average Bonchev–Trinajstić information content (AvgIpc) is 3.43. The third-order valence-corrected chi connectivity index (χ3v) is 11.4. The van der Waals surface area contributed by atoms with Crippen molar-refractivity contribution in [1.29, 1.82) is 0 Å². The number of piperazine rings is 1. The third-order valence-electron chi connectivity index (χ3n) is 11.4. The summed E-state index contributed by atoms with van der Waals surface area (Å²) < 4.78 is 38.1. The number of aromatic hydroxyl groups is 1. The van der Waals surface area contributed by atoms with Crippen molar-refractivity contribution < 1.29 is 18.6 Å². The van der Waals surface area contributed by atoms with Gasteiger partial charge in [-0.25, -0.2) is 8.78 Å². The summed E-state index contributed by atoms with van der Waals surface area (Å²) in [7, 11) is 2.21. The van der Waals surface area contributed by atoms with Crippen LogP contribution in [0.4, 0.5) is 14.6 Å². The molecule has 4 unspecified atom stereocenters. The number of nitrogens with one attached hydrogen (secondary N) is 1. The molecule has 4 atom stereocenters. The van der Waals surface area contributed by atoms with Gasteiger partial charge in [0.1, 0.15) is 28.6 Å². The standard InChI is InChI=1S/C37H39F2N7O2/c1-3-27-30(38)7-4-21-10-26(47)11-28(31(21)27)33-32(39)34-29(12-40-33)35(46-17-24-5-6-25(18-46)41-24)43-36(42-34)48-20-37(8-9-37)19-45-15-22-13-44(2)14-23(22)16-45/h1,4,7,10-12,22-25,41,47H,5-6,8-9,13-20H2,2H3. The predicted octanol–water partition coefficient (Wildman–Crippen LogP) is 4.40. The van der Waals surface area contributed by atoms with Crippen LogP contribution in [0.15, 0.2) is 30.5 Å². The topological polar surface area (TPSA) is 89.9 Å². The summed E-state index contributed by atoms with van der Waals surface area (Å²) in [6.07, 6.45) is 11.6. The molecule has 5 fully saturated rings. The number of halogens is 2. The number of pyridine rings is 1. The molecular weight excluding hydrogens is 612 g/mol. The number of likely N-dealkylation sites (tertiary alicyclic amines) is 2. The Morgan fingerprint density at radius 3 is 2.50 bits per heavy atom. The highest BCUT2D eigenvalue weighted by Gasteiger charge is 2.48. The zero-order chi connectivity index (χ0) is 32.7. The van der Waals surface area contributed by atoms with E-state index in [2.05, 4.69) is 43.0 Å². The third kappa shape index (κ3) is 5.13. The van der Waals surface area contributed by atoms with Crippen LogP contribution in [0.2, 0.25) is 0 Å². The molecule has 0 amide bonds. The number of anilines is 1. The molecule has 4 aromatic rings. The molecule has 1 aliphatic carbocycles. The number of nitrogens with zero attached hydrogens (tertiary/aromatic N) is 6. The molecule has 0 spiro atoms. The fourth-order valence-electron chi connectivity index (χ4n) is 8.91. The maximum Gasteiger partial charge on any atom is 0.319 e. The Morgan fingerprint density at radius 1 is 1.04 bits per heavy atom. The number of hydrogen-bond acceptors (Lipinski definition) is 9. The monoisotopic (exact) mass is 651 g/mol. The minimum absolute atomic E-state index is 0.0177. The van der Waals surface area contributed by atoms with Crippen LogP contribution >= 0.6 is 0 Å². The molecule has 9 nitrogen and oxygen atoms in total. The summed E-state index contributed by atoms with van der Waals surface area (Å²) >= 11 is 0. The first kappa shape index (κ1) is 30.0. The molecule has 6 heterocycles. The zero-order valence-electron chi connectivity index (χ0n) is 27.1. The van der Waals surface area contributed by atoms with Gasteiger partial charge in [0.25, 0.3) is 0 Å². The lowest BCUT2D eigenvalue weighted by molar-refractivity contribution is 0.161. The molecule has 9 rings (SSSR count). The van der Waals surface area contributed by atoms with Crippen LogP contribution in [-0.2, 0) is 0 Å². The van der Waals surface area contributed by atoms with Gasteiger partial charge in [-0.15, -0.1) is 6.42 Å². The second kappa shape index (κ2) is 11.2. The molecule has 2 bridgehead atoms. The highest BCUT2D eigenvalue weighted by Crippen LogP contribution is 2.48. The number of hydrogen-bond donors (Lipinski definition) is 2. The summed E-state index contributed by atoms with van der Waals surface area (Å²) in [5.74, 6) is 3.08. The van der Waals surface area contributed by atoms with Crippen molar-refractivity contribution in [3.8, 4) is 35.4 Å². The molecule has 5 aliphatic rings. The minimum Gasteiger partial charge on any atom is -0.508 e. The van der Waals surface area contributed by atoms with Crippen molar-refractivity contribution in [3.63, 3.8) is 0 Å². The molecule has 4 aliphatic heterocycles. The van der Waals surface area contributed by atoms with E-state index in [9.17, 15) is 9.50 Å². The molecule has 0 radical (unpaired) electrons. The van der Waals surface area contributed by atoms with Crippen LogP contribution in [0.25, 0.3) is 32.9 Å². The Hall–Kier alpha value is -4.11. The second-order valence-corrected chi connectivity index (χ2v) is 14.9. The number of phenols is 1. The lowest BCUT2D eigenvalue weighted by Crippen LogP contribution is -2.51. The summed E-state index contributed by atoms with van der Waals surface area (Å²) in [6.45, 7) is 7.55. The van der Waals surface area contributed by atoms with Crippen molar-refractivity contribution in [2.45, 2.75) is 37.8 Å². The fourth-order valence-corrected chi connectivity index (χ4v) is 8.91. The summed E-state index contributed by atoms with van der Waals surface area (Å²) in [5, 5.41) is 15.5. The van der Waals surface area contributed by atoms with Crippen LogP contribution in [0.3, 0.4) is 0 Å². The second-order valence-electron chi connectivity index (χ2n) is 14.9. The average molecular weight is 652 g/mol. The first-order chi connectivity index (χ1) is 23.3. The van der Waals surface area contributed by atoms with Crippen molar-refractivity contribution in [1.82, 2.24) is 30.1 Å². The van der Waals surface area contributed by atoms with Gasteiger partial charge in [-0.3, -0.25) is 4.98 Å². The molecular formula is C37H39F2N7O2. The molecule has 2 N–H and O–H groups in total. The van der Waals surface area contributed by atoms with E-state index in [4.69, 9.17) is 16.1 Å². The number of rotatable bonds is 7. The van der Waals surface area contributed by atoms with Gasteiger partial charge >= 0.3 is 6.01 Å². The summed E-state index contributed by atoms with van der Waals surface area (Å²) in [4.78, 5) is 21.4. The Morgan fingerprint density at radius 2 is 1.79 bits per heavy atom. The lowest BCUT2D eigenvalue weighted by atomic mass is 9.96. The SMILES string of the molecule is C#Cc1c(F)ccc2cc(O)cc(-c3ncc4c(N5CC6CCC(C5)N6)nc(OCC5(CN6CC7CN(C)CC7C6)CC5)nc4c3F)c12. The molecule has 248 valence electrons. The molecule has 2 aromatic heterocycles. The highest BCUT2D eigenvalue weighted by atomic mass is 19.1. The lowest BCUT2D eigenvalue weighted by Gasteiger charge is -2.34. The minimum atomic E-state index is -0.701. The Labute approximate surface area is 278 Å². The number of fused-ring (bicyclic) bond motifs is 5. The van der Waals surface area contributed by atoms with Crippen LogP contribution in [0, 0.1) is 41.2 Å². The number of terminal acetylenes is 1. The fraction of sp³-hybridized carbons (Fsp3) is 0.486. The van der Waals surface area contributed by atoms with Crippen molar-refractivity contribution in [2.24, 2.45) is 17.3 Å². The van der Waals surface area contributed by atoms with Gasteiger partial charge in [-0.1, -0.05) is 12.0 Å². The van der Waals surface area contributed by atoms with E-state index in [0.717, 1.165) is 70.2 Å². The van der Waals surface area contributed by atoms with Crippen molar-refractivity contribution in [2.75, 3.05) is 64.4 Å². The van der Waals surface area contributed by atoms with Crippen LogP contribution in [-0.4, -0.2) is 101 Å². The van der Waals surface area contributed by atoms with E-state index in [-0.39, 0.29) is 39.5 Å². The molecule has 4 saturated heterocycles. The number of benzene rings is 2. The van der Waals surface area contributed by atoms with Gasteiger partial charge in [0.15, 0.2) is 5.82 Å². The van der Waals surface area contributed by atoms with Gasteiger partial charge in [0, 0.05) is 80.5 Å². The van der Waals surface area contributed by atoms with E-state index < -0.39 is 11.6 Å². The number of ether oxygens (including phenoxy) is 1. The van der Waals surface area contributed by atoms with E-state index >= 15 is 4.39 Å². The zero-order valence-corrected chi connectivity index (χ0v) is 27.1. The molecule has 2 aromatic carbocycles. The smallest absolute Gasteiger partial charge is 0.319 e. The predicted molar refractivity (Wildman–Crippen MR) is 180 cm³/mol.